The molecular weight excluding hydrogens is 766 g/mol. The highest BCUT2D eigenvalue weighted by atomic mass is 35.5. The molecule has 320 valence electrons. The van der Waals surface area contributed by atoms with E-state index in [-0.39, 0.29) is 16.4 Å². The second-order valence-corrected chi connectivity index (χ2v) is 23.8. The average molecular weight is 837 g/mol. The molecule has 58 heavy (non-hydrogen) atoms. The first kappa shape index (κ1) is 42.5. The van der Waals surface area contributed by atoms with Gasteiger partial charge in [-0.1, -0.05) is 63.6 Å². The Morgan fingerprint density at radius 2 is 1.71 bits per heavy atom. The van der Waals surface area contributed by atoms with Crippen molar-refractivity contribution < 1.29 is 23.1 Å². The summed E-state index contributed by atoms with van der Waals surface area (Å²) in [4.78, 5) is 19.1. The van der Waals surface area contributed by atoms with Gasteiger partial charge in [-0.15, -0.1) is 0 Å². The van der Waals surface area contributed by atoms with Gasteiger partial charge in [0.2, 0.25) is 0 Å². The van der Waals surface area contributed by atoms with Crippen molar-refractivity contribution in [1.82, 2.24) is 15.2 Å². The first-order valence-electron chi connectivity index (χ1n) is 22.6. The van der Waals surface area contributed by atoms with Gasteiger partial charge in [0, 0.05) is 44.0 Å². The van der Waals surface area contributed by atoms with Crippen LogP contribution in [0.15, 0.2) is 53.8 Å². The Kier molecular flexibility index (Phi) is 11.4. The van der Waals surface area contributed by atoms with E-state index in [0.717, 1.165) is 31.8 Å². The van der Waals surface area contributed by atoms with E-state index in [4.69, 9.17) is 16.3 Å². The Morgan fingerprint density at radius 3 is 2.40 bits per heavy atom. The normalized spacial score (nSPS) is 40.5. The molecule has 7 aliphatic rings. The molecule has 8 rings (SSSR count). The van der Waals surface area contributed by atoms with Crippen LogP contribution in [0.3, 0.4) is 0 Å². The summed E-state index contributed by atoms with van der Waals surface area (Å²) in [5.41, 5.74) is 4.13. The molecule has 2 unspecified atom stereocenters. The van der Waals surface area contributed by atoms with E-state index in [9.17, 15) is 18.3 Å². The maximum Gasteiger partial charge on any atom is 0.310 e. The fourth-order valence-electron chi connectivity index (χ4n) is 15.0. The summed E-state index contributed by atoms with van der Waals surface area (Å²) < 4.78 is 30.1. The van der Waals surface area contributed by atoms with Gasteiger partial charge in [0.25, 0.3) is 0 Å². The smallest absolute Gasteiger partial charge is 0.310 e. The molecule has 1 saturated heterocycles. The summed E-state index contributed by atoms with van der Waals surface area (Å²) in [7, 11) is -2.87. The molecule has 6 aliphatic carbocycles. The highest BCUT2D eigenvalue weighted by Gasteiger charge is 2.66. The highest BCUT2D eigenvalue weighted by molar-refractivity contribution is 7.91. The number of fused-ring (bicyclic) bond motifs is 7. The number of nitrogens with one attached hydrogen (secondary N) is 1. The SMILES string of the molecule is C=C(C)[C@@H]1CC[C@]2(NCCN3CCS(=O)(=O)CC3)CC[C@@]3(C)C4CC[C@H]5C(C)(C)C(C6=CCC(CCOc7ccnc(Cl)c7)(C(=O)O)CC6)=CC[C@]5(C)[C@H]4CC[C@@H]3[C@@H]12. The summed E-state index contributed by atoms with van der Waals surface area (Å²) in [5, 5.41) is 15.1. The Hall–Kier alpha value is -2.20. The van der Waals surface area contributed by atoms with Crippen LogP contribution in [-0.4, -0.2) is 79.2 Å². The predicted molar refractivity (Wildman–Crippen MR) is 233 cm³/mol. The fraction of sp³-hybridized carbons (Fsp3) is 0.750. The minimum atomic E-state index is -2.87. The Balaban J connectivity index is 0.970. The summed E-state index contributed by atoms with van der Waals surface area (Å²) in [6.45, 7) is 20.7. The lowest BCUT2D eigenvalue weighted by Gasteiger charge is -2.68. The number of hydrogen-bond acceptors (Lipinski definition) is 7. The number of carboxylic acids is 1. The third-order valence-corrected chi connectivity index (χ3v) is 20.0. The van der Waals surface area contributed by atoms with Crippen LogP contribution in [0, 0.1) is 57.2 Å². The fourth-order valence-corrected chi connectivity index (χ4v) is 16.5. The molecule has 1 aromatic heterocycles. The van der Waals surface area contributed by atoms with Crippen LogP contribution in [-0.2, 0) is 14.6 Å². The van der Waals surface area contributed by atoms with Crippen LogP contribution < -0.4 is 10.1 Å². The summed E-state index contributed by atoms with van der Waals surface area (Å²) in [6, 6.07) is 3.43. The number of hydrogen-bond donors (Lipinski definition) is 2. The average Bonchev–Trinajstić information content (AvgIpc) is 3.56. The van der Waals surface area contributed by atoms with E-state index in [1.165, 1.54) is 68.1 Å². The molecule has 0 aromatic carbocycles. The number of rotatable bonds is 11. The molecule has 0 amide bonds. The number of nitrogens with zero attached hydrogens (tertiary/aromatic N) is 2. The number of carboxylic acid groups (broad SMARTS) is 1. The van der Waals surface area contributed by atoms with Crippen LogP contribution >= 0.6 is 11.6 Å². The lowest BCUT2D eigenvalue weighted by atomic mass is 9.37. The van der Waals surface area contributed by atoms with Gasteiger partial charge in [0.15, 0.2) is 9.84 Å². The summed E-state index contributed by atoms with van der Waals surface area (Å²) >= 11 is 6.04. The largest absolute Gasteiger partial charge is 0.493 e. The monoisotopic (exact) mass is 835 g/mol. The third-order valence-electron chi connectivity index (χ3n) is 18.1. The number of pyridine rings is 1. The van der Waals surface area contributed by atoms with Gasteiger partial charge in [-0.25, -0.2) is 13.4 Å². The molecule has 1 aliphatic heterocycles. The van der Waals surface area contributed by atoms with E-state index < -0.39 is 21.2 Å². The van der Waals surface area contributed by atoms with Gasteiger partial charge >= 0.3 is 5.97 Å². The molecule has 0 radical (unpaired) electrons. The Bertz CT molecular complexity index is 1930. The summed E-state index contributed by atoms with van der Waals surface area (Å²) in [6.07, 6.45) is 20.2. The zero-order valence-electron chi connectivity index (χ0n) is 36.0. The van der Waals surface area contributed by atoms with Gasteiger partial charge in [-0.3, -0.25) is 4.79 Å². The quantitative estimate of drug-likeness (QED) is 0.168. The van der Waals surface area contributed by atoms with Crippen molar-refractivity contribution in [2.75, 3.05) is 44.3 Å². The van der Waals surface area contributed by atoms with E-state index in [1.807, 2.05) is 0 Å². The minimum absolute atomic E-state index is 0.0230. The van der Waals surface area contributed by atoms with E-state index in [0.29, 0.717) is 96.4 Å². The van der Waals surface area contributed by atoms with Crippen molar-refractivity contribution in [3.05, 3.63) is 58.9 Å². The summed E-state index contributed by atoms with van der Waals surface area (Å²) in [5.74, 6) is 4.38. The van der Waals surface area contributed by atoms with Crippen molar-refractivity contribution in [3.63, 3.8) is 0 Å². The van der Waals surface area contributed by atoms with Crippen LogP contribution in [0.1, 0.15) is 118 Å². The van der Waals surface area contributed by atoms with Gasteiger partial charge < -0.3 is 20.1 Å². The first-order valence-corrected chi connectivity index (χ1v) is 24.8. The lowest BCUT2D eigenvalue weighted by Crippen LogP contribution is -2.65. The lowest BCUT2D eigenvalue weighted by molar-refractivity contribution is -0.170. The number of halogens is 1. The highest BCUT2D eigenvalue weighted by Crippen LogP contribution is 2.72. The van der Waals surface area contributed by atoms with Crippen LogP contribution in [0.4, 0.5) is 0 Å². The van der Waals surface area contributed by atoms with Crippen molar-refractivity contribution >= 4 is 27.4 Å². The molecule has 0 bridgehead atoms. The van der Waals surface area contributed by atoms with E-state index >= 15 is 0 Å². The molecular formula is C48H70ClN3O5S. The zero-order valence-corrected chi connectivity index (χ0v) is 37.5. The second-order valence-electron chi connectivity index (χ2n) is 21.1. The maximum atomic E-state index is 12.8. The predicted octanol–water partition coefficient (Wildman–Crippen LogP) is 9.56. The van der Waals surface area contributed by atoms with Gasteiger partial charge in [0.05, 0.1) is 23.5 Å². The third kappa shape index (κ3) is 7.36. The maximum absolute atomic E-state index is 12.8. The molecule has 4 saturated carbocycles. The standard InChI is InChI=1S/C48H70ClN3O5S/c1-32(2)35-13-19-48(51-24-25-52-26-29-58(55,56)30-27-52)21-20-45(5)37-9-10-40-44(3,4)36(14-16-46(40,6)38(37)7-8-39(45)42(35)48)33-11-17-47(18-12-33,43(53)54)22-28-57-34-15-23-50-41(49)31-34/h11,14-15,23,31,35,37-40,42,51H,1,7-10,12-13,16-22,24-30H2,2-6H3,(H,53,54)/t35-,37?,38-,39+,40-,42+,45-,46+,47?,48-/m0/s1. The Labute approximate surface area is 354 Å². The number of ether oxygens (including phenoxy) is 1. The van der Waals surface area contributed by atoms with Crippen LogP contribution in [0.5, 0.6) is 5.75 Å². The Morgan fingerprint density at radius 1 is 0.983 bits per heavy atom. The van der Waals surface area contributed by atoms with E-state index in [1.54, 1.807) is 18.3 Å². The molecule has 0 spiro atoms. The van der Waals surface area contributed by atoms with Gasteiger partial charge in [-0.2, -0.15) is 0 Å². The van der Waals surface area contributed by atoms with Crippen molar-refractivity contribution in [3.8, 4) is 5.75 Å². The molecule has 5 fully saturated rings. The number of aromatic nitrogens is 1. The minimum Gasteiger partial charge on any atom is -0.493 e. The molecule has 10 atom stereocenters. The van der Waals surface area contributed by atoms with E-state index in [2.05, 4.69) is 68.6 Å². The topological polar surface area (TPSA) is 109 Å². The molecule has 8 nitrogen and oxygen atoms in total. The number of sulfone groups is 1. The van der Waals surface area contributed by atoms with Crippen molar-refractivity contribution in [2.24, 2.45) is 57.2 Å². The van der Waals surface area contributed by atoms with Crippen LogP contribution in [0.2, 0.25) is 5.15 Å². The van der Waals surface area contributed by atoms with Gasteiger partial charge in [0.1, 0.15) is 10.9 Å². The molecule has 2 N–H and O–H groups in total. The molecule has 1 aromatic rings. The first-order chi connectivity index (χ1) is 27.4. The number of aliphatic carboxylic acids is 1. The molecule has 2 heterocycles. The number of carbonyl (C=O) groups is 1. The van der Waals surface area contributed by atoms with Gasteiger partial charge in [-0.05, 0) is 159 Å². The zero-order chi connectivity index (χ0) is 41.3. The van der Waals surface area contributed by atoms with Crippen LogP contribution in [0.25, 0.3) is 0 Å². The number of allylic oxidation sites excluding steroid dienone is 5. The second kappa shape index (κ2) is 15.6. The van der Waals surface area contributed by atoms with Crippen molar-refractivity contribution in [1.29, 1.82) is 0 Å². The molecule has 10 heteroatoms. The van der Waals surface area contributed by atoms with Crippen molar-refractivity contribution in [2.45, 2.75) is 124 Å².